The molecule has 1 aromatic heterocycles. The molecule has 9 nitrogen and oxygen atoms in total. The Hall–Kier alpha value is -1.40. The van der Waals surface area contributed by atoms with Crippen molar-refractivity contribution in [3.63, 3.8) is 0 Å². The second-order valence-electron chi connectivity index (χ2n) is 5.74. The number of rotatable bonds is 9. The van der Waals surface area contributed by atoms with Gasteiger partial charge in [0.05, 0.1) is 26.3 Å². The molecule has 1 aromatic rings. The molecule has 0 aliphatic rings. The fourth-order valence-corrected chi connectivity index (χ4v) is 2.70. The summed E-state index contributed by atoms with van der Waals surface area (Å²) < 4.78 is 18.8. The molecule has 0 atom stereocenters. The molecule has 0 aliphatic heterocycles. The van der Waals surface area contributed by atoms with E-state index in [4.69, 9.17) is 14.2 Å². The molecule has 0 saturated carbocycles. The van der Waals surface area contributed by atoms with E-state index in [1.54, 1.807) is 0 Å². The van der Waals surface area contributed by atoms with Crippen LogP contribution in [0.4, 0.5) is 0 Å². The molecule has 12 heteroatoms. The Kier molecular flexibility index (Phi) is 10.3. The quantitative estimate of drug-likeness (QED) is 0.259. The number of aromatic amines is 1. The van der Waals surface area contributed by atoms with Crippen molar-refractivity contribution >= 4 is 71.7 Å². The van der Waals surface area contributed by atoms with E-state index in [-0.39, 0.29) is 38.2 Å². The predicted octanol–water partition coefficient (Wildman–Crippen LogP) is 2.89. The minimum absolute atomic E-state index is 0.0327. The monoisotopic (exact) mass is 603 g/mol. The van der Waals surface area contributed by atoms with Crippen LogP contribution in [0.1, 0.15) is 40.7 Å². The highest BCUT2D eigenvalue weighted by Crippen LogP contribution is 2.34. The Morgan fingerprint density at radius 2 is 1.59 bits per heavy atom. The number of carbonyl (C=O) groups excluding carboxylic acids is 4. The van der Waals surface area contributed by atoms with Gasteiger partial charge >= 0.3 is 23.9 Å². The molecule has 1 heterocycles. The van der Waals surface area contributed by atoms with Crippen molar-refractivity contribution in [1.82, 2.24) is 4.98 Å². The van der Waals surface area contributed by atoms with Crippen molar-refractivity contribution in [2.75, 3.05) is 20.8 Å². The van der Waals surface area contributed by atoms with Crippen LogP contribution in [0.2, 0.25) is 0 Å². The van der Waals surface area contributed by atoms with E-state index in [2.05, 4.69) is 57.5 Å². The van der Waals surface area contributed by atoms with Crippen molar-refractivity contribution in [2.24, 2.45) is 0 Å². The normalized spacial score (nSPS) is 11.0. The molecular formula is C17H20Br3NO8. The number of hydrogen-bond acceptors (Lipinski definition) is 8. The van der Waals surface area contributed by atoms with E-state index in [9.17, 15) is 19.2 Å². The number of methoxy groups -OCH3 is 2. The lowest BCUT2D eigenvalue weighted by Gasteiger charge is -2.13. The van der Waals surface area contributed by atoms with Crippen LogP contribution in [0, 0.1) is 0 Å². The molecule has 0 aliphatic carbocycles. The first-order valence-corrected chi connectivity index (χ1v) is 10.6. The van der Waals surface area contributed by atoms with Gasteiger partial charge in [0.2, 0.25) is 0 Å². The minimum Gasteiger partial charge on any atom is -0.469 e. The average molecular weight is 606 g/mol. The first-order chi connectivity index (χ1) is 13.5. The first-order valence-electron chi connectivity index (χ1n) is 8.22. The van der Waals surface area contributed by atoms with Crippen molar-refractivity contribution in [2.45, 2.75) is 34.9 Å². The number of alkyl halides is 3. The molecule has 1 N–H and O–H groups in total. The summed E-state index contributed by atoms with van der Waals surface area (Å²) in [5.41, 5.74) is 1.17. The summed E-state index contributed by atoms with van der Waals surface area (Å²) in [7, 11) is 2.48. The maximum absolute atomic E-state index is 12.6. The smallest absolute Gasteiger partial charge is 0.355 e. The lowest BCUT2D eigenvalue weighted by atomic mass is 10.0. The van der Waals surface area contributed by atoms with Gasteiger partial charge in [-0.05, 0) is 17.5 Å². The third-order valence-corrected chi connectivity index (χ3v) is 4.34. The highest BCUT2D eigenvalue weighted by Gasteiger charge is 2.28. The molecule has 0 saturated heterocycles. The zero-order chi connectivity index (χ0) is 22.2. The highest BCUT2D eigenvalue weighted by atomic mass is 80.0. The second-order valence-corrected chi connectivity index (χ2v) is 13.0. The number of carbonyl (C=O) groups is 4. The van der Waals surface area contributed by atoms with E-state index >= 15 is 0 Å². The van der Waals surface area contributed by atoms with Crippen LogP contribution >= 0.6 is 47.8 Å². The Morgan fingerprint density at radius 3 is 2.10 bits per heavy atom. The van der Waals surface area contributed by atoms with Crippen LogP contribution < -0.4 is 0 Å². The molecule has 162 valence electrons. The number of hydrogen-bond donors (Lipinski definition) is 1. The molecule has 0 fully saturated rings. The molecule has 0 aromatic carbocycles. The van der Waals surface area contributed by atoms with E-state index in [1.807, 2.05) is 0 Å². The van der Waals surface area contributed by atoms with Crippen LogP contribution in [-0.2, 0) is 52.8 Å². The van der Waals surface area contributed by atoms with Gasteiger partial charge in [0.15, 0.2) is 2.14 Å². The topological polar surface area (TPSA) is 121 Å². The van der Waals surface area contributed by atoms with E-state index in [1.165, 1.54) is 21.1 Å². The first kappa shape index (κ1) is 25.6. The Morgan fingerprint density at radius 1 is 0.966 bits per heavy atom. The predicted molar refractivity (Wildman–Crippen MR) is 112 cm³/mol. The lowest BCUT2D eigenvalue weighted by molar-refractivity contribution is -0.142. The minimum atomic E-state index is -0.809. The van der Waals surface area contributed by atoms with Crippen molar-refractivity contribution < 1.29 is 38.1 Å². The van der Waals surface area contributed by atoms with Crippen LogP contribution in [0.25, 0.3) is 0 Å². The Bertz CT molecular complexity index is 769. The summed E-state index contributed by atoms with van der Waals surface area (Å²) in [6, 6.07) is 0. The van der Waals surface area contributed by atoms with E-state index in [0.717, 1.165) is 0 Å². The lowest BCUT2D eigenvalue weighted by Crippen LogP contribution is -2.18. The zero-order valence-corrected chi connectivity index (χ0v) is 20.7. The Labute approximate surface area is 192 Å². The third kappa shape index (κ3) is 8.87. The molecule has 0 unspecified atom stereocenters. The van der Waals surface area contributed by atoms with Crippen molar-refractivity contribution in [3.05, 3.63) is 22.5 Å². The fraction of sp³-hybridized carbons (Fsp3) is 0.529. The van der Waals surface area contributed by atoms with Gasteiger partial charge in [-0.2, -0.15) is 0 Å². The number of ether oxygens (including phenoxy) is 4. The maximum atomic E-state index is 12.6. The van der Waals surface area contributed by atoms with Crippen LogP contribution in [-0.4, -0.2) is 51.8 Å². The summed E-state index contributed by atoms with van der Waals surface area (Å²) in [5, 5.41) is 0. The van der Waals surface area contributed by atoms with Gasteiger partial charge in [0.1, 0.15) is 18.9 Å². The third-order valence-electron chi connectivity index (χ3n) is 3.65. The molecule has 0 spiro atoms. The number of H-pyrrole nitrogens is 1. The summed E-state index contributed by atoms with van der Waals surface area (Å²) >= 11 is 9.68. The van der Waals surface area contributed by atoms with Crippen molar-refractivity contribution in [3.8, 4) is 0 Å². The molecule has 1 rings (SSSR count). The van der Waals surface area contributed by atoms with E-state index in [0.29, 0.717) is 16.8 Å². The second kappa shape index (κ2) is 11.7. The number of esters is 4. The maximum Gasteiger partial charge on any atom is 0.355 e. The highest BCUT2D eigenvalue weighted by molar-refractivity contribution is 9.39. The van der Waals surface area contributed by atoms with E-state index < -0.39 is 26.0 Å². The summed E-state index contributed by atoms with van der Waals surface area (Å²) in [6.45, 7) is 0.962. The van der Waals surface area contributed by atoms with Crippen LogP contribution in [0.3, 0.4) is 0 Å². The van der Waals surface area contributed by atoms with Gasteiger partial charge in [0, 0.05) is 13.3 Å². The van der Waals surface area contributed by atoms with Crippen LogP contribution in [0.15, 0.2) is 0 Å². The van der Waals surface area contributed by atoms with Crippen LogP contribution in [0.5, 0.6) is 0 Å². The average Bonchev–Trinajstić information content (AvgIpc) is 2.98. The fourth-order valence-electron chi connectivity index (χ4n) is 2.36. The van der Waals surface area contributed by atoms with Gasteiger partial charge < -0.3 is 23.9 Å². The molecular weight excluding hydrogens is 586 g/mol. The SMILES string of the molecule is COC(=O)CCc1c(C(=O)OCC(Br)(Br)Br)[nH]c(COC(C)=O)c1CC(=O)OC. The summed E-state index contributed by atoms with van der Waals surface area (Å²) in [4.78, 5) is 50.2. The zero-order valence-electron chi connectivity index (χ0n) is 15.9. The van der Waals surface area contributed by atoms with Gasteiger partial charge in [-0.1, -0.05) is 47.8 Å². The summed E-state index contributed by atoms with van der Waals surface area (Å²) in [6.07, 6.45) is -0.121. The Balaban J connectivity index is 3.34. The van der Waals surface area contributed by atoms with Crippen molar-refractivity contribution in [1.29, 1.82) is 0 Å². The van der Waals surface area contributed by atoms with Gasteiger partial charge in [-0.3, -0.25) is 14.4 Å². The summed E-state index contributed by atoms with van der Waals surface area (Å²) in [5.74, 6) is -2.30. The van der Waals surface area contributed by atoms with Gasteiger partial charge in [0.25, 0.3) is 0 Å². The van der Waals surface area contributed by atoms with Gasteiger partial charge in [-0.15, -0.1) is 0 Å². The molecule has 0 amide bonds. The molecule has 29 heavy (non-hydrogen) atoms. The standard InChI is InChI=1S/C17H20Br3NO8/c1-9(22)28-7-12-11(6-14(24)27-3)10(4-5-13(23)26-2)15(21-12)16(25)29-8-17(18,19)20/h21H,4-8H2,1-3H3. The van der Waals surface area contributed by atoms with Gasteiger partial charge in [-0.25, -0.2) is 4.79 Å². The number of aromatic nitrogens is 1. The molecule has 0 bridgehead atoms. The number of halogens is 3. The number of nitrogens with one attached hydrogen (secondary N) is 1. The largest absolute Gasteiger partial charge is 0.469 e. The molecule has 0 radical (unpaired) electrons.